The molecule has 5 nitrogen and oxygen atoms in total. The van der Waals surface area contributed by atoms with Crippen molar-refractivity contribution in [1.82, 2.24) is 15.0 Å². The molecule has 3 aromatic heterocycles. The fourth-order valence-corrected chi connectivity index (χ4v) is 3.15. The van der Waals surface area contributed by atoms with Crippen LogP contribution in [-0.4, -0.2) is 21.1 Å². The maximum absolute atomic E-state index is 13.2. The van der Waals surface area contributed by atoms with Gasteiger partial charge in [-0.15, -0.1) is 0 Å². The van der Waals surface area contributed by atoms with Gasteiger partial charge in [-0.2, -0.15) is 18.4 Å². The molecule has 0 fully saturated rings. The molecular formula is C23H17F3N4O. The Morgan fingerprint density at radius 3 is 2.61 bits per heavy atom. The predicted molar refractivity (Wildman–Crippen MR) is 109 cm³/mol. The largest absolute Gasteiger partial charge is 0.441 e. The zero-order valence-electron chi connectivity index (χ0n) is 16.7. The van der Waals surface area contributed by atoms with Crippen molar-refractivity contribution in [2.45, 2.75) is 26.4 Å². The van der Waals surface area contributed by atoms with Gasteiger partial charge in [0.1, 0.15) is 11.8 Å². The first-order chi connectivity index (χ1) is 14.7. The highest BCUT2D eigenvalue weighted by atomic mass is 19.4. The Bertz CT molecular complexity index is 1300. The number of nitrogens with zero attached hydrogens (tertiary/aromatic N) is 4. The molecule has 0 unspecified atom stereocenters. The SMILES string of the molecule is CC(C)(Cc1ncc(-c2ccc(C#N)nc2-c2ccc3cccnc3c2)o1)C(F)(F)F. The van der Waals surface area contributed by atoms with Gasteiger partial charge in [0.25, 0.3) is 0 Å². The highest BCUT2D eigenvalue weighted by molar-refractivity contribution is 5.87. The van der Waals surface area contributed by atoms with Gasteiger partial charge in [-0.25, -0.2) is 9.97 Å². The van der Waals surface area contributed by atoms with Gasteiger partial charge < -0.3 is 4.42 Å². The Balaban J connectivity index is 1.78. The van der Waals surface area contributed by atoms with E-state index in [4.69, 9.17) is 4.42 Å². The van der Waals surface area contributed by atoms with Gasteiger partial charge in [-0.05, 0) is 24.3 Å². The molecule has 0 bridgehead atoms. The molecule has 4 aromatic rings. The Labute approximate surface area is 176 Å². The van der Waals surface area contributed by atoms with E-state index in [0.717, 1.165) is 24.8 Å². The molecule has 0 N–H and O–H groups in total. The van der Waals surface area contributed by atoms with E-state index in [9.17, 15) is 18.4 Å². The number of pyridine rings is 2. The van der Waals surface area contributed by atoms with E-state index in [1.54, 1.807) is 12.3 Å². The molecule has 156 valence electrons. The zero-order valence-corrected chi connectivity index (χ0v) is 16.7. The van der Waals surface area contributed by atoms with Gasteiger partial charge >= 0.3 is 6.18 Å². The van der Waals surface area contributed by atoms with Crippen LogP contribution in [0.3, 0.4) is 0 Å². The minimum absolute atomic E-state index is 0.0205. The molecule has 31 heavy (non-hydrogen) atoms. The molecule has 0 amide bonds. The van der Waals surface area contributed by atoms with Crippen LogP contribution in [0, 0.1) is 16.7 Å². The number of hydrogen-bond donors (Lipinski definition) is 0. The highest BCUT2D eigenvalue weighted by Gasteiger charge is 2.48. The third-order valence-corrected chi connectivity index (χ3v) is 5.07. The number of hydrogen-bond acceptors (Lipinski definition) is 5. The molecule has 8 heteroatoms. The number of rotatable bonds is 4. The second kappa shape index (κ2) is 7.51. The van der Waals surface area contributed by atoms with E-state index in [0.29, 0.717) is 16.8 Å². The van der Waals surface area contributed by atoms with Crippen LogP contribution in [0.5, 0.6) is 0 Å². The van der Waals surface area contributed by atoms with Crippen LogP contribution in [-0.2, 0) is 6.42 Å². The summed E-state index contributed by atoms with van der Waals surface area (Å²) in [6, 6.07) is 14.5. The number of benzene rings is 1. The average Bonchev–Trinajstić information content (AvgIpc) is 3.19. The van der Waals surface area contributed by atoms with Crippen LogP contribution < -0.4 is 0 Å². The molecule has 1 aromatic carbocycles. The summed E-state index contributed by atoms with van der Waals surface area (Å²) in [4.78, 5) is 12.8. The molecule has 0 atom stereocenters. The fraction of sp³-hybridized carbons (Fsp3) is 0.217. The van der Waals surface area contributed by atoms with E-state index in [1.807, 2.05) is 36.4 Å². The molecule has 0 radical (unpaired) electrons. The number of halogens is 3. The maximum atomic E-state index is 13.2. The molecule has 0 aliphatic carbocycles. The van der Waals surface area contributed by atoms with Crippen LogP contribution in [0.1, 0.15) is 25.4 Å². The molecule has 0 saturated carbocycles. The zero-order chi connectivity index (χ0) is 22.2. The first-order valence-corrected chi connectivity index (χ1v) is 9.46. The van der Waals surface area contributed by atoms with Crippen molar-refractivity contribution in [2.24, 2.45) is 5.41 Å². The topological polar surface area (TPSA) is 75.6 Å². The summed E-state index contributed by atoms with van der Waals surface area (Å²) in [5.41, 5.74) is 0.664. The molecule has 3 heterocycles. The van der Waals surface area contributed by atoms with Crippen molar-refractivity contribution in [3.63, 3.8) is 0 Å². The van der Waals surface area contributed by atoms with Crippen molar-refractivity contribution in [2.75, 3.05) is 0 Å². The first kappa shape index (κ1) is 20.5. The van der Waals surface area contributed by atoms with Gasteiger partial charge in [-0.3, -0.25) is 4.98 Å². The van der Waals surface area contributed by atoms with Crippen molar-refractivity contribution in [3.8, 4) is 28.7 Å². The van der Waals surface area contributed by atoms with E-state index >= 15 is 0 Å². The Morgan fingerprint density at radius 1 is 1.06 bits per heavy atom. The number of fused-ring (bicyclic) bond motifs is 1. The normalized spacial score (nSPS) is 12.1. The molecule has 0 aliphatic heterocycles. The average molecular weight is 422 g/mol. The fourth-order valence-electron chi connectivity index (χ4n) is 3.15. The highest BCUT2D eigenvalue weighted by Crippen LogP contribution is 2.41. The predicted octanol–water partition coefficient (Wildman–Crippen LogP) is 5.95. The lowest BCUT2D eigenvalue weighted by atomic mass is 9.88. The maximum Gasteiger partial charge on any atom is 0.394 e. The first-order valence-electron chi connectivity index (χ1n) is 9.46. The van der Waals surface area contributed by atoms with Gasteiger partial charge in [0.15, 0.2) is 11.7 Å². The Morgan fingerprint density at radius 2 is 1.87 bits per heavy atom. The molecule has 0 spiro atoms. The molecule has 4 rings (SSSR count). The van der Waals surface area contributed by atoms with Gasteiger partial charge in [0, 0.05) is 29.1 Å². The lowest BCUT2D eigenvalue weighted by Crippen LogP contribution is -2.34. The molecule has 0 saturated heterocycles. The standard InChI is InChI=1S/C23H17F3N4O/c1-22(2,23(24,25)26)11-20-29-13-19(31-20)17-8-7-16(12-27)30-21(17)15-6-5-14-4-3-9-28-18(14)10-15/h3-10,13H,11H2,1-2H3. The molecular weight excluding hydrogens is 405 g/mol. The summed E-state index contributed by atoms with van der Waals surface area (Å²) in [7, 11) is 0. The lowest BCUT2D eigenvalue weighted by Gasteiger charge is -2.25. The van der Waals surface area contributed by atoms with Crippen LogP contribution >= 0.6 is 0 Å². The Hall–Kier alpha value is -3.73. The summed E-state index contributed by atoms with van der Waals surface area (Å²) in [5, 5.41) is 10.2. The van der Waals surface area contributed by atoms with Crippen molar-refractivity contribution >= 4 is 10.9 Å². The van der Waals surface area contributed by atoms with Gasteiger partial charge in [0.05, 0.1) is 22.8 Å². The van der Waals surface area contributed by atoms with Crippen LogP contribution in [0.4, 0.5) is 13.2 Å². The van der Waals surface area contributed by atoms with Gasteiger partial charge in [0.2, 0.25) is 0 Å². The summed E-state index contributed by atoms with van der Waals surface area (Å²) in [6.07, 6.45) is -1.72. The summed E-state index contributed by atoms with van der Waals surface area (Å²) in [5.74, 6) is 0.258. The van der Waals surface area contributed by atoms with Gasteiger partial charge in [-0.1, -0.05) is 32.0 Å². The van der Waals surface area contributed by atoms with Crippen LogP contribution in [0.15, 0.2) is 59.3 Å². The van der Waals surface area contributed by atoms with E-state index in [1.165, 1.54) is 12.3 Å². The second-order valence-corrected chi connectivity index (χ2v) is 7.79. The smallest absolute Gasteiger partial charge is 0.394 e. The van der Waals surface area contributed by atoms with E-state index in [2.05, 4.69) is 15.0 Å². The monoisotopic (exact) mass is 422 g/mol. The summed E-state index contributed by atoms with van der Waals surface area (Å²) < 4.78 is 45.4. The van der Waals surface area contributed by atoms with Crippen molar-refractivity contribution in [1.29, 1.82) is 5.26 Å². The minimum atomic E-state index is -4.39. The summed E-state index contributed by atoms with van der Waals surface area (Å²) >= 11 is 0. The number of nitriles is 1. The number of aromatic nitrogens is 3. The second-order valence-electron chi connectivity index (χ2n) is 7.79. The summed E-state index contributed by atoms with van der Waals surface area (Å²) in [6.45, 7) is 2.21. The lowest BCUT2D eigenvalue weighted by molar-refractivity contribution is -0.212. The van der Waals surface area contributed by atoms with Crippen molar-refractivity contribution in [3.05, 3.63) is 66.4 Å². The Kier molecular flexibility index (Phi) is 4.97. The van der Waals surface area contributed by atoms with E-state index in [-0.39, 0.29) is 17.3 Å². The third-order valence-electron chi connectivity index (χ3n) is 5.07. The molecule has 0 aliphatic rings. The van der Waals surface area contributed by atoms with Crippen LogP contribution in [0.2, 0.25) is 0 Å². The van der Waals surface area contributed by atoms with Crippen LogP contribution in [0.25, 0.3) is 33.5 Å². The van der Waals surface area contributed by atoms with Crippen molar-refractivity contribution < 1.29 is 17.6 Å². The third kappa shape index (κ3) is 3.99. The number of oxazole rings is 1. The minimum Gasteiger partial charge on any atom is -0.441 e. The number of alkyl halides is 3. The van der Waals surface area contributed by atoms with E-state index < -0.39 is 18.0 Å². The quantitative estimate of drug-likeness (QED) is 0.406.